The Bertz CT molecular complexity index is 1210. The van der Waals surface area contributed by atoms with Gasteiger partial charge in [0.25, 0.3) is 0 Å². The van der Waals surface area contributed by atoms with Gasteiger partial charge in [-0.05, 0) is 56.4 Å². The lowest BCUT2D eigenvalue weighted by Crippen LogP contribution is -2.19. The second-order valence-corrected chi connectivity index (χ2v) is 8.34. The molecule has 202 valence electrons. The van der Waals surface area contributed by atoms with Crippen molar-refractivity contribution in [3.63, 3.8) is 0 Å². The molecular weight excluding hydrogens is 480 g/mol. The van der Waals surface area contributed by atoms with Crippen LogP contribution in [0.5, 0.6) is 11.5 Å². The summed E-state index contributed by atoms with van der Waals surface area (Å²) in [5, 5.41) is 9.89. The normalized spacial score (nSPS) is 10.7. The van der Waals surface area contributed by atoms with E-state index in [1.54, 1.807) is 25.6 Å². The SMILES string of the molecule is C=C/C=C(\C=C)NC=O.CNc1ccc(CCNc2ncnc3cc(OCCN(C)C)c(OC)cc23)cc1. The molecule has 0 fully saturated rings. The molecule has 0 atom stereocenters. The molecule has 9 nitrogen and oxygen atoms in total. The number of allylic oxidation sites excluding steroid dienone is 3. The van der Waals surface area contributed by atoms with Crippen molar-refractivity contribution in [3.8, 4) is 11.5 Å². The Hall–Kier alpha value is -4.37. The number of carbonyl (C=O) groups is 1. The Kier molecular flexibility index (Phi) is 12.9. The van der Waals surface area contributed by atoms with Crippen molar-refractivity contribution in [3.05, 3.63) is 85.4 Å². The number of anilines is 2. The molecule has 3 aromatic rings. The second kappa shape index (κ2) is 16.4. The van der Waals surface area contributed by atoms with Crippen LogP contribution in [0.3, 0.4) is 0 Å². The zero-order valence-corrected chi connectivity index (χ0v) is 22.7. The Balaban J connectivity index is 0.000000484. The van der Waals surface area contributed by atoms with Crippen LogP contribution in [0.2, 0.25) is 0 Å². The monoisotopic (exact) mass is 518 g/mol. The first-order chi connectivity index (χ1) is 18.4. The van der Waals surface area contributed by atoms with Gasteiger partial charge in [0.15, 0.2) is 11.5 Å². The van der Waals surface area contributed by atoms with E-state index in [0.29, 0.717) is 30.2 Å². The van der Waals surface area contributed by atoms with Gasteiger partial charge >= 0.3 is 0 Å². The van der Waals surface area contributed by atoms with Crippen molar-refractivity contribution in [2.24, 2.45) is 0 Å². The maximum atomic E-state index is 9.81. The highest BCUT2D eigenvalue weighted by Gasteiger charge is 2.11. The number of carbonyl (C=O) groups excluding carboxylic acids is 1. The number of hydrogen-bond acceptors (Lipinski definition) is 8. The van der Waals surface area contributed by atoms with Crippen molar-refractivity contribution >= 4 is 28.8 Å². The molecule has 1 aromatic heterocycles. The number of likely N-dealkylation sites (N-methyl/N-ethyl adjacent to an activating group) is 1. The summed E-state index contributed by atoms with van der Waals surface area (Å²) in [5.41, 5.74) is 3.85. The minimum absolute atomic E-state index is 0.581. The molecule has 0 radical (unpaired) electrons. The number of benzene rings is 2. The maximum Gasteiger partial charge on any atom is 0.211 e. The minimum Gasteiger partial charge on any atom is -0.493 e. The van der Waals surface area contributed by atoms with Crippen LogP contribution in [0, 0.1) is 0 Å². The number of fused-ring (bicyclic) bond motifs is 1. The van der Waals surface area contributed by atoms with Gasteiger partial charge in [-0.15, -0.1) is 0 Å². The van der Waals surface area contributed by atoms with Crippen molar-refractivity contribution in [1.82, 2.24) is 20.2 Å². The van der Waals surface area contributed by atoms with Crippen molar-refractivity contribution in [2.75, 3.05) is 58.6 Å². The third kappa shape index (κ3) is 9.59. The third-order valence-electron chi connectivity index (χ3n) is 5.41. The molecule has 3 N–H and O–H groups in total. The summed E-state index contributed by atoms with van der Waals surface area (Å²) < 4.78 is 11.4. The molecule has 0 spiro atoms. The van der Waals surface area contributed by atoms with Crippen LogP contribution < -0.4 is 25.4 Å². The summed E-state index contributed by atoms with van der Waals surface area (Å²) >= 11 is 0. The van der Waals surface area contributed by atoms with Gasteiger partial charge in [0.05, 0.1) is 12.6 Å². The van der Waals surface area contributed by atoms with E-state index in [1.807, 2.05) is 33.3 Å². The highest BCUT2D eigenvalue weighted by Crippen LogP contribution is 2.33. The fourth-order valence-electron chi connectivity index (χ4n) is 3.35. The Morgan fingerprint density at radius 1 is 1.11 bits per heavy atom. The van der Waals surface area contributed by atoms with E-state index in [0.717, 1.165) is 41.9 Å². The van der Waals surface area contributed by atoms with Crippen molar-refractivity contribution in [1.29, 1.82) is 0 Å². The predicted molar refractivity (Wildman–Crippen MR) is 156 cm³/mol. The van der Waals surface area contributed by atoms with E-state index in [2.05, 4.69) is 68.2 Å². The molecule has 9 heteroatoms. The molecule has 0 saturated heterocycles. The maximum absolute atomic E-state index is 9.81. The zero-order valence-electron chi connectivity index (χ0n) is 22.7. The number of methoxy groups -OCH3 is 1. The van der Waals surface area contributed by atoms with E-state index in [-0.39, 0.29) is 0 Å². The smallest absolute Gasteiger partial charge is 0.211 e. The van der Waals surface area contributed by atoms with Gasteiger partial charge in [0.1, 0.15) is 18.8 Å². The van der Waals surface area contributed by atoms with E-state index < -0.39 is 0 Å². The van der Waals surface area contributed by atoms with Crippen molar-refractivity contribution in [2.45, 2.75) is 6.42 Å². The van der Waals surface area contributed by atoms with Crippen LogP contribution in [-0.4, -0.2) is 69.2 Å². The van der Waals surface area contributed by atoms with E-state index in [9.17, 15) is 4.79 Å². The van der Waals surface area contributed by atoms with Crippen LogP contribution in [0.25, 0.3) is 10.9 Å². The first-order valence-corrected chi connectivity index (χ1v) is 12.2. The lowest BCUT2D eigenvalue weighted by Gasteiger charge is -2.15. The number of hydrogen-bond donors (Lipinski definition) is 3. The lowest BCUT2D eigenvalue weighted by atomic mass is 10.1. The molecule has 38 heavy (non-hydrogen) atoms. The standard InChI is InChI=1S/C22H29N5O2.C7H9NO/c1-23-17-7-5-16(6-8-17)9-10-24-22-18-13-20(28-4)21(29-12-11-27(2)3)14-19(18)25-15-26-22;1-3-5-7(4-2)8-6-9/h5-8,13-15,23H,9-12H2,1-4H3,(H,24,25,26);3-6H,1-2H2,(H,8,9)/b;7-5+. The molecule has 2 aromatic carbocycles. The number of amides is 1. The van der Waals surface area contributed by atoms with Gasteiger partial charge in [-0.25, -0.2) is 9.97 Å². The van der Waals surface area contributed by atoms with E-state index in [1.165, 1.54) is 11.6 Å². The molecule has 3 rings (SSSR count). The summed E-state index contributed by atoms with van der Waals surface area (Å²) in [6.45, 7) is 9.09. The summed E-state index contributed by atoms with van der Waals surface area (Å²) in [7, 11) is 7.60. The van der Waals surface area contributed by atoms with Gasteiger partial charge in [-0.1, -0.05) is 31.4 Å². The summed E-state index contributed by atoms with van der Waals surface area (Å²) in [5.74, 6) is 2.16. The van der Waals surface area contributed by atoms with Crippen LogP contribution in [0.1, 0.15) is 5.56 Å². The number of nitrogens with zero attached hydrogens (tertiary/aromatic N) is 3. The molecule has 1 amide bonds. The van der Waals surface area contributed by atoms with Gasteiger partial charge in [0.2, 0.25) is 6.41 Å². The van der Waals surface area contributed by atoms with E-state index >= 15 is 0 Å². The largest absolute Gasteiger partial charge is 0.493 e. The second-order valence-electron chi connectivity index (χ2n) is 8.34. The molecule has 0 aliphatic heterocycles. The highest BCUT2D eigenvalue weighted by atomic mass is 16.5. The average molecular weight is 519 g/mol. The van der Waals surface area contributed by atoms with E-state index in [4.69, 9.17) is 9.47 Å². The van der Waals surface area contributed by atoms with Gasteiger partial charge in [-0.2, -0.15) is 0 Å². The number of rotatable bonds is 14. The Labute approximate surface area is 225 Å². The molecular formula is C29H38N6O3. The molecule has 0 unspecified atom stereocenters. The Morgan fingerprint density at radius 2 is 1.87 bits per heavy atom. The van der Waals surface area contributed by atoms with Crippen LogP contribution >= 0.6 is 0 Å². The number of aromatic nitrogens is 2. The van der Waals surface area contributed by atoms with Crippen LogP contribution in [0.4, 0.5) is 11.5 Å². The first-order valence-electron chi connectivity index (χ1n) is 12.2. The summed E-state index contributed by atoms with van der Waals surface area (Å²) in [6.07, 6.45) is 7.84. The third-order valence-corrected chi connectivity index (χ3v) is 5.41. The van der Waals surface area contributed by atoms with Crippen LogP contribution in [-0.2, 0) is 11.2 Å². The van der Waals surface area contributed by atoms with Crippen LogP contribution in [0.15, 0.2) is 79.8 Å². The topological polar surface area (TPSA) is 101 Å². The number of ether oxygens (including phenoxy) is 2. The number of nitrogens with one attached hydrogen (secondary N) is 3. The molecule has 0 bridgehead atoms. The predicted octanol–water partition coefficient (Wildman–Crippen LogP) is 4.26. The molecule has 1 heterocycles. The zero-order chi connectivity index (χ0) is 27.8. The highest BCUT2D eigenvalue weighted by molar-refractivity contribution is 5.91. The average Bonchev–Trinajstić information content (AvgIpc) is 2.93. The molecule has 0 aliphatic carbocycles. The lowest BCUT2D eigenvalue weighted by molar-refractivity contribution is -0.108. The summed E-state index contributed by atoms with van der Waals surface area (Å²) in [4.78, 5) is 20.7. The molecule has 0 aliphatic rings. The quantitative estimate of drug-likeness (QED) is 0.215. The Morgan fingerprint density at radius 3 is 2.47 bits per heavy atom. The van der Waals surface area contributed by atoms with Crippen molar-refractivity contribution < 1.29 is 14.3 Å². The van der Waals surface area contributed by atoms with Gasteiger partial charge in [-0.3, -0.25) is 4.79 Å². The molecule has 0 saturated carbocycles. The fraction of sp³-hybridized carbons (Fsp3) is 0.276. The fourth-order valence-corrected chi connectivity index (χ4v) is 3.35. The van der Waals surface area contributed by atoms with Gasteiger partial charge in [0, 0.05) is 43.0 Å². The minimum atomic E-state index is 0.581. The summed E-state index contributed by atoms with van der Waals surface area (Å²) in [6, 6.07) is 12.3. The van der Waals surface area contributed by atoms with Gasteiger partial charge < -0.3 is 30.3 Å². The first kappa shape index (κ1) is 29.9.